The molecule has 0 saturated heterocycles. The second-order valence-corrected chi connectivity index (χ2v) is 4.02. The van der Waals surface area contributed by atoms with E-state index in [1.54, 1.807) is 42.7 Å². The van der Waals surface area contributed by atoms with Gasteiger partial charge in [-0.25, -0.2) is 0 Å². The van der Waals surface area contributed by atoms with Crippen molar-refractivity contribution in [2.24, 2.45) is 0 Å². The predicted molar refractivity (Wildman–Crippen MR) is 182 cm³/mol. The quantitative estimate of drug-likeness (QED) is 0.193. The SMILES string of the molecule is CC.CC.CC.CC.CC.CC.CC.CC.CCCCOC.CCCOC.COCCOC.COCOC. The molecule has 0 rings (SSSR count). The number of rotatable bonds is 10. The average Bonchev–Trinajstić information content (AvgIpc) is 3.04. The van der Waals surface area contributed by atoms with E-state index >= 15 is 0 Å². The Kier molecular flexibility index (Phi) is 502. The van der Waals surface area contributed by atoms with Crippen LogP contribution in [0.2, 0.25) is 0 Å². The predicted octanol–water partition coefficient (Wildman–Crippen LogP) is 11.2. The Morgan fingerprint density at radius 2 is 0.526 bits per heavy atom. The third-order valence-corrected chi connectivity index (χ3v) is 1.84. The Bertz CT molecular complexity index is 105. The van der Waals surface area contributed by atoms with E-state index in [9.17, 15) is 0 Å². The third-order valence-electron chi connectivity index (χ3n) is 1.84. The first-order valence-corrected chi connectivity index (χ1v) is 15.6. The molecule has 0 N–H and O–H groups in total. The van der Waals surface area contributed by atoms with Crippen LogP contribution >= 0.6 is 0 Å². The lowest BCUT2D eigenvalue weighted by Gasteiger charge is -1.91. The van der Waals surface area contributed by atoms with Gasteiger partial charge in [-0.15, -0.1) is 0 Å². The van der Waals surface area contributed by atoms with Crippen LogP contribution in [0.1, 0.15) is 144 Å². The van der Waals surface area contributed by atoms with Crippen LogP contribution in [-0.2, 0) is 28.4 Å². The lowest BCUT2D eigenvalue weighted by molar-refractivity contribution is -0.00272. The van der Waals surface area contributed by atoms with Crippen molar-refractivity contribution in [2.75, 3.05) is 75.9 Å². The van der Waals surface area contributed by atoms with E-state index in [2.05, 4.69) is 32.8 Å². The second kappa shape index (κ2) is 248. The molecule has 0 radical (unpaired) electrons. The van der Waals surface area contributed by atoms with Gasteiger partial charge in [-0.05, 0) is 12.8 Å². The van der Waals surface area contributed by atoms with Crippen LogP contribution in [0.5, 0.6) is 0 Å². The molecule has 6 heteroatoms. The molecule has 38 heavy (non-hydrogen) atoms. The highest BCUT2D eigenvalue weighted by molar-refractivity contribution is 4.26. The van der Waals surface area contributed by atoms with E-state index in [0.717, 1.165) is 19.6 Å². The minimum Gasteiger partial charge on any atom is -0.385 e. The van der Waals surface area contributed by atoms with E-state index in [1.165, 1.54) is 12.8 Å². The van der Waals surface area contributed by atoms with Gasteiger partial charge < -0.3 is 28.4 Å². The molecular formula is C32H88O6. The van der Waals surface area contributed by atoms with Crippen LogP contribution in [0.4, 0.5) is 0 Å². The Morgan fingerprint density at radius 3 is 0.579 bits per heavy atom. The van der Waals surface area contributed by atoms with Crippen molar-refractivity contribution in [1.82, 2.24) is 0 Å². The summed E-state index contributed by atoms with van der Waals surface area (Å²) in [6.45, 7) is 39.8. The summed E-state index contributed by atoms with van der Waals surface area (Å²) in [6, 6.07) is 0. The zero-order valence-corrected chi connectivity index (χ0v) is 32.1. The summed E-state index contributed by atoms with van der Waals surface area (Å²) in [4.78, 5) is 0. The van der Waals surface area contributed by atoms with Gasteiger partial charge in [0.25, 0.3) is 0 Å². The van der Waals surface area contributed by atoms with E-state index < -0.39 is 0 Å². The number of methoxy groups -OCH3 is 6. The van der Waals surface area contributed by atoms with Crippen LogP contribution in [0.3, 0.4) is 0 Å². The van der Waals surface area contributed by atoms with Crippen LogP contribution in [-0.4, -0.2) is 75.9 Å². The van der Waals surface area contributed by atoms with Crippen molar-refractivity contribution < 1.29 is 28.4 Å². The zero-order chi connectivity index (χ0) is 33.9. The Morgan fingerprint density at radius 1 is 0.289 bits per heavy atom. The van der Waals surface area contributed by atoms with Gasteiger partial charge in [0.1, 0.15) is 6.79 Å². The standard InChI is InChI=1S/C5H12O.C4H10O2.C4H10O.C3H8O2.8C2H6/c1-3-4-5-6-2;1-5-3-4-6-2;1-3-4-5-2;1-4-3-5-2;8*1-2/h3-5H2,1-2H3;3-4H2,1-2H3;3-4H2,1-2H3;3H2,1-2H3;8*1-2H3. The summed E-state index contributed by atoms with van der Waals surface area (Å²) in [6.07, 6.45) is 3.54. The Balaban J connectivity index is -0.0000000202. The molecule has 0 aliphatic heterocycles. The topological polar surface area (TPSA) is 55.4 Å². The van der Waals surface area contributed by atoms with Gasteiger partial charge in [0.05, 0.1) is 13.2 Å². The van der Waals surface area contributed by atoms with Crippen molar-refractivity contribution in [3.63, 3.8) is 0 Å². The van der Waals surface area contributed by atoms with Gasteiger partial charge >= 0.3 is 0 Å². The number of hydrogen-bond acceptors (Lipinski definition) is 6. The highest BCUT2D eigenvalue weighted by Gasteiger charge is 1.74. The van der Waals surface area contributed by atoms with E-state index in [4.69, 9.17) is 9.47 Å². The molecule has 0 aromatic carbocycles. The van der Waals surface area contributed by atoms with Crippen LogP contribution < -0.4 is 0 Å². The molecule has 0 aliphatic carbocycles. The molecule has 6 nitrogen and oxygen atoms in total. The zero-order valence-electron chi connectivity index (χ0n) is 32.1. The average molecular weight is 569 g/mol. The fraction of sp³-hybridized carbons (Fsp3) is 1.00. The molecule has 0 heterocycles. The molecular weight excluding hydrogens is 480 g/mol. The first-order valence-electron chi connectivity index (χ1n) is 15.6. The van der Waals surface area contributed by atoms with Gasteiger partial charge in [0.15, 0.2) is 0 Å². The molecule has 0 fully saturated rings. The van der Waals surface area contributed by atoms with Gasteiger partial charge in [0, 0.05) is 55.9 Å². The molecule has 0 aliphatic rings. The van der Waals surface area contributed by atoms with Crippen molar-refractivity contribution >= 4 is 0 Å². The molecule has 0 amide bonds. The van der Waals surface area contributed by atoms with E-state index in [1.807, 2.05) is 111 Å². The first kappa shape index (κ1) is 76.9. The molecule has 0 aromatic heterocycles. The molecule has 0 unspecified atom stereocenters. The lowest BCUT2D eigenvalue weighted by Crippen LogP contribution is -1.96. The summed E-state index contributed by atoms with van der Waals surface area (Å²) in [5.41, 5.74) is 0. The van der Waals surface area contributed by atoms with E-state index in [0.29, 0.717) is 20.0 Å². The Hall–Kier alpha value is -0.240. The summed E-state index contributed by atoms with van der Waals surface area (Å²) in [5.74, 6) is 0. The van der Waals surface area contributed by atoms with Gasteiger partial charge in [-0.1, -0.05) is 131 Å². The lowest BCUT2D eigenvalue weighted by atomic mass is 10.4. The van der Waals surface area contributed by atoms with Crippen molar-refractivity contribution in [1.29, 1.82) is 0 Å². The summed E-state index contributed by atoms with van der Waals surface area (Å²) < 4.78 is 27.7. The van der Waals surface area contributed by atoms with Gasteiger partial charge in [-0.2, -0.15) is 0 Å². The normalized spacial score (nSPS) is 6.32. The van der Waals surface area contributed by atoms with Gasteiger partial charge in [0.2, 0.25) is 0 Å². The molecule has 0 bridgehead atoms. The van der Waals surface area contributed by atoms with E-state index in [-0.39, 0.29) is 0 Å². The minimum absolute atomic E-state index is 0.389. The maximum Gasteiger partial charge on any atom is 0.145 e. The van der Waals surface area contributed by atoms with Crippen molar-refractivity contribution in [3.05, 3.63) is 0 Å². The first-order chi connectivity index (χ1) is 18.7. The van der Waals surface area contributed by atoms with Gasteiger partial charge in [-0.3, -0.25) is 0 Å². The molecule has 0 saturated carbocycles. The molecule has 0 spiro atoms. The molecule has 0 atom stereocenters. The monoisotopic (exact) mass is 569 g/mol. The minimum atomic E-state index is 0.389. The number of hydrogen-bond donors (Lipinski definition) is 0. The highest BCUT2D eigenvalue weighted by atomic mass is 16.6. The summed E-state index contributed by atoms with van der Waals surface area (Å²) in [5, 5.41) is 0. The van der Waals surface area contributed by atoms with Crippen LogP contribution in [0, 0.1) is 0 Å². The largest absolute Gasteiger partial charge is 0.385 e. The number of ether oxygens (including phenoxy) is 6. The fourth-order valence-corrected chi connectivity index (χ4v) is 0.777. The maximum absolute atomic E-state index is 4.78. The Labute approximate surface area is 248 Å². The molecule has 0 aromatic rings. The highest BCUT2D eigenvalue weighted by Crippen LogP contribution is 1.83. The van der Waals surface area contributed by atoms with Crippen molar-refractivity contribution in [2.45, 2.75) is 144 Å². The fourth-order valence-electron chi connectivity index (χ4n) is 0.777. The second-order valence-electron chi connectivity index (χ2n) is 4.02. The van der Waals surface area contributed by atoms with Crippen LogP contribution in [0.25, 0.3) is 0 Å². The maximum atomic E-state index is 4.78. The van der Waals surface area contributed by atoms with Crippen molar-refractivity contribution in [3.8, 4) is 0 Å². The third kappa shape index (κ3) is 454. The smallest absolute Gasteiger partial charge is 0.145 e. The summed E-state index contributed by atoms with van der Waals surface area (Å²) in [7, 11) is 9.92. The molecule has 252 valence electrons. The van der Waals surface area contributed by atoms with Crippen LogP contribution in [0.15, 0.2) is 0 Å². The number of unbranched alkanes of at least 4 members (excludes halogenated alkanes) is 1. The summed E-state index contributed by atoms with van der Waals surface area (Å²) >= 11 is 0.